The van der Waals surface area contributed by atoms with Crippen molar-refractivity contribution < 1.29 is 9.47 Å². The largest absolute Gasteiger partial charge is 0.379 e. The quantitative estimate of drug-likeness (QED) is 0.774. The second-order valence-electron chi connectivity index (χ2n) is 9.27. The maximum absolute atomic E-state index is 6.32. The fourth-order valence-corrected chi connectivity index (χ4v) is 6.37. The Balaban J connectivity index is 1.41. The summed E-state index contributed by atoms with van der Waals surface area (Å²) < 4.78 is 11.8. The lowest BCUT2D eigenvalue weighted by Crippen LogP contribution is -2.45. The highest BCUT2D eigenvalue weighted by Gasteiger charge is 2.38. The molecule has 1 saturated carbocycles. The van der Waals surface area contributed by atoms with Crippen molar-refractivity contribution in [1.82, 2.24) is 14.9 Å². The molecule has 164 valence electrons. The lowest BCUT2D eigenvalue weighted by molar-refractivity contribution is -0.103. The fourth-order valence-electron chi connectivity index (χ4n) is 5.32. The Morgan fingerprint density at radius 1 is 1.10 bits per heavy atom. The van der Waals surface area contributed by atoms with Crippen molar-refractivity contribution >= 4 is 27.4 Å². The number of morpholine rings is 1. The standard InChI is InChI=1S/C23H34N4O2S/c1-16-17(2)30-22-20(16)21(25-19(26-22)15-27-9-12-28-13-10-27)24-18-6-11-29-23(14-18)7-4-3-5-8-23/h18H,3-15H2,1-2H3,(H,24,25,26). The molecule has 2 aliphatic heterocycles. The molecule has 1 atom stereocenters. The first-order valence-corrected chi connectivity index (χ1v) is 12.4. The van der Waals surface area contributed by atoms with Crippen molar-refractivity contribution in [2.75, 3.05) is 38.2 Å². The third kappa shape index (κ3) is 4.22. The monoisotopic (exact) mass is 430 g/mol. The van der Waals surface area contributed by atoms with Crippen LogP contribution in [0.2, 0.25) is 0 Å². The number of hydrogen-bond donors (Lipinski definition) is 1. The van der Waals surface area contributed by atoms with E-state index in [9.17, 15) is 0 Å². The zero-order valence-electron chi connectivity index (χ0n) is 18.3. The maximum atomic E-state index is 6.32. The van der Waals surface area contributed by atoms with Crippen LogP contribution in [0.3, 0.4) is 0 Å². The Labute approximate surface area is 183 Å². The minimum atomic E-state index is 0.0938. The molecule has 5 rings (SSSR count). The molecule has 0 amide bonds. The van der Waals surface area contributed by atoms with Gasteiger partial charge in [0.2, 0.25) is 0 Å². The molecular weight excluding hydrogens is 396 g/mol. The number of thiophene rings is 1. The SMILES string of the molecule is Cc1sc2nc(CN3CCOCC3)nc(NC3CCOC4(CCCCC4)C3)c2c1C. The minimum Gasteiger partial charge on any atom is -0.379 e. The van der Waals surface area contributed by atoms with Gasteiger partial charge in [0.05, 0.1) is 30.7 Å². The molecule has 6 nitrogen and oxygen atoms in total. The number of aromatic nitrogens is 2. The minimum absolute atomic E-state index is 0.0938. The summed E-state index contributed by atoms with van der Waals surface area (Å²) in [7, 11) is 0. The van der Waals surface area contributed by atoms with E-state index in [1.54, 1.807) is 11.3 Å². The number of ether oxygens (including phenoxy) is 2. The topological polar surface area (TPSA) is 59.5 Å². The molecule has 7 heteroatoms. The van der Waals surface area contributed by atoms with Gasteiger partial charge in [-0.15, -0.1) is 11.3 Å². The first-order valence-electron chi connectivity index (χ1n) is 11.6. The van der Waals surface area contributed by atoms with Crippen LogP contribution in [0, 0.1) is 13.8 Å². The van der Waals surface area contributed by atoms with E-state index >= 15 is 0 Å². The van der Waals surface area contributed by atoms with E-state index in [1.165, 1.54) is 47.9 Å². The van der Waals surface area contributed by atoms with Gasteiger partial charge in [0, 0.05) is 30.6 Å². The van der Waals surface area contributed by atoms with E-state index in [0.29, 0.717) is 6.04 Å². The third-order valence-electron chi connectivity index (χ3n) is 7.14. The molecule has 3 fully saturated rings. The van der Waals surface area contributed by atoms with Gasteiger partial charge in [-0.3, -0.25) is 4.90 Å². The molecule has 0 radical (unpaired) electrons. The summed E-state index contributed by atoms with van der Waals surface area (Å²) in [6.07, 6.45) is 8.53. The first-order chi connectivity index (χ1) is 14.6. The van der Waals surface area contributed by atoms with Crippen LogP contribution in [0.5, 0.6) is 0 Å². The second kappa shape index (κ2) is 8.69. The number of hydrogen-bond acceptors (Lipinski definition) is 7. The molecule has 3 aliphatic rings. The third-order valence-corrected chi connectivity index (χ3v) is 8.24. The zero-order chi connectivity index (χ0) is 20.6. The molecule has 2 aromatic heterocycles. The Morgan fingerprint density at radius 2 is 1.90 bits per heavy atom. The Hall–Kier alpha value is -1.28. The van der Waals surface area contributed by atoms with Crippen molar-refractivity contribution in [3.8, 4) is 0 Å². The normalized spacial score (nSPS) is 25.1. The van der Waals surface area contributed by atoms with Gasteiger partial charge in [-0.05, 0) is 45.1 Å². The summed E-state index contributed by atoms with van der Waals surface area (Å²) in [5, 5.41) is 5.07. The van der Waals surface area contributed by atoms with Gasteiger partial charge in [-0.2, -0.15) is 0 Å². The molecule has 2 saturated heterocycles. The van der Waals surface area contributed by atoms with Gasteiger partial charge >= 0.3 is 0 Å². The smallest absolute Gasteiger partial charge is 0.146 e. The Bertz CT molecular complexity index is 881. The summed E-state index contributed by atoms with van der Waals surface area (Å²) in [5.41, 5.74) is 1.41. The van der Waals surface area contributed by atoms with Gasteiger partial charge in [0.15, 0.2) is 0 Å². The molecule has 0 bridgehead atoms. The van der Waals surface area contributed by atoms with Crippen LogP contribution < -0.4 is 5.32 Å². The van der Waals surface area contributed by atoms with E-state index in [2.05, 4.69) is 24.1 Å². The molecular formula is C23H34N4O2S. The molecule has 4 heterocycles. The van der Waals surface area contributed by atoms with E-state index in [-0.39, 0.29) is 5.60 Å². The van der Waals surface area contributed by atoms with E-state index in [4.69, 9.17) is 19.4 Å². The number of nitrogens with zero attached hydrogens (tertiary/aromatic N) is 3. The van der Waals surface area contributed by atoms with Gasteiger partial charge in [-0.1, -0.05) is 19.3 Å². The Kier molecular flexibility index (Phi) is 5.97. The van der Waals surface area contributed by atoms with Gasteiger partial charge < -0.3 is 14.8 Å². The molecule has 1 unspecified atom stereocenters. The lowest BCUT2D eigenvalue weighted by Gasteiger charge is -2.43. The molecule has 1 N–H and O–H groups in total. The number of anilines is 1. The molecule has 2 aromatic rings. The fraction of sp³-hybridized carbons (Fsp3) is 0.739. The average molecular weight is 431 g/mol. The molecule has 0 aromatic carbocycles. The number of nitrogens with one attached hydrogen (secondary N) is 1. The van der Waals surface area contributed by atoms with Crippen LogP contribution in [-0.2, 0) is 16.0 Å². The highest BCUT2D eigenvalue weighted by atomic mass is 32.1. The second-order valence-corrected chi connectivity index (χ2v) is 10.5. The predicted molar refractivity (Wildman–Crippen MR) is 121 cm³/mol. The summed E-state index contributed by atoms with van der Waals surface area (Å²) in [6.45, 7) is 9.55. The van der Waals surface area contributed by atoms with Crippen LogP contribution in [0.15, 0.2) is 0 Å². The van der Waals surface area contributed by atoms with Crippen molar-refractivity contribution in [3.63, 3.8) is 0 Å². The van der Waals surface area contributed by atoms with Crippen LogP contribution in [0.1, 0.15) is 61.2 Å². The van der Waals surface area contributed by atoms with Gasteiger partial charge in [-0.25, -0.2) is 9.97 Å². The molecule has 1 aliphatic carbocycles. The van der Waals surface area contributed by atoms with Crippen molar-refractivity contribution in [3.05, 3.63) is 16.3 Å². The van der Waals surface area contributed by atoms with Crippen LogP contribution in [0.4, 0.5) is 5.82 Å². The van der Waals surface area contributed by atoms with Crippen LogP contribution in [-0.4, -0.2) is 59.4 Å². The zero-order valence-corrected chi connectivity index (χ0v) is 19.2. The number of rotatable bonds is 4. The summed E-state index contributed by atoms with van der Waals surface area (Å²) in [6, 6.07) is 0.422. The van der Waals surface area contributed by atoms with Crippen LogP contribution >= 0.6 is 11.3 Å². The highest BCUT2D eigenvalue weighted by Crippen LogP contribution is 2.40. The van der Waals surface area contributed by atoms with Crippen LogP contribution in [0.25, 0.3) is 10.2 Å². The summed E-state index contributed by atoms with van der Waals surface area (Å²) >= 11 is 1.79. The van der Waals surface area contributed by atoms with Crippen molar-refractivity contribution in [1.29, 1.82) is 0 Å². The van der Waals surface area contributed by atoms with Crippen molar-refractivity contribution in [2.24, 2.45) is 0 Å². The number of aryl methyl sites for hydroxylation is 2. The maximum Gasteiger partial charge on any atom is 0.146 e. The molecule has 30 heavy (non-hydrogen) atoms. The Morgan fingerprint density at radius 3 is 2.70 bits per heavy atom. The summed E-state index contributed by atoms with van der Waals surface area (Å²) in [4.78, 5) is 14.9. The highest BCUT2D eigenvalue weighted by molar-refractivity contribution is 7.18. The number of fused-ring (bicyclic) bond motifs is 1. The van der Waals surface area contributed by atoms with Gasteiger partial charge in [0.25, 0.3) is 0 Å². The van der Waals surface area contributed by atoms with E-state index in [0.717, 1.165) is 68.8 Å². The molecule has 1 spiro atoms. The van der Waals surface area contributed by atoms with E-state index in [1.807, 2.05) is 0 Å². The van der Waals surface area contributed by atoms with Crippen molar-refractivity contribution in [2.45, 2.75) is 77.0 Å². The van der Waals surface area contributed by atoms with Gasteiger partial charge in [0.1, 0.15) is 16.5 Å². The predicted octanol–water partition coefficient (Wildman–Crippen LogP) is 4.43. The van der Waals surface area contributed by atoms with E-state index < -0.39 is 0 Å². The lowest BCUT2D eigenvalue weighted by atomic mass is 9.78. The first kappa shape index (κ1) is 20.6. The summed E-state index contributed by atoms with van der Waals surface area (Å²) in [5.74, 6) is 1.95. The average Bonchev–Trinajstić information content (AvgIpc) is 3.03.